The van der Waals surface area contributed by atoms with Gasteiger partial charge in [0.2, 0.25) is 5.91 Å². The lowest BCUT2D eigenvalue weighted by Gasteiger charge is -2.33. The molecule has 2 aromatic rings. The first-order valence-corrected chi connectivity index (χ1v) is 9.26. The second-order valence-corrected chi connectivity index (χ2v) is 8.79. The summed E-state index contributed by atoms with van der Waals surface area (Å²) in [5, 5.41) is 7.74. The molecule has 1 amide bonds. The van der Waals surface area contributed by atoms with Crippen LogP contribution in [0.15, 0.2) is 12.7 Å². The lowest BCUT2D eigenvalue weighted by molar-refractivity contribution is -0.119. The molecule has 0 bridgehead atoms. The number of nitrogens with one attached hydrogen (secondary N) is 1. The quantitative estimate of drug-likeness (QED) is 0.922. The van der Waals surface area contributed by atoms with E-state index in [9.17, 15) is 4.79 Å². The van der Waals surface area contributed by atoms with Gasteiger partial charge in [0, 0.05) is 4.88 Å². The maximum absolute atomic E-state index is 12.4. The number of aryl methyl sites for hydroxylation is 1. The highest BCUT2D eigenvalue weighted by molar-refractivity contribution is 7.15. The van der Waals surface area contributed by atoms with Gasteiger partial charge in [-0.25, -0.2) is 9.97 Å². The van der Waals surface area contributed by atoms with Crippen molar-refractivity contribution in [3.63, 3.8) is 0 Å². The van der Waals surface area contributed by atoms with Crippen molar-refractivity contribution in [2.75, 3.05) is 5.32 Å². The molecule has 0 radical (unpaired) electrons. The Bertz CT molecular complexity index is 701. The third-order valence-corrected chi connectivity index (χ3v) is 5.80. The van der Waals surface area contributed by atoms with E-state index in [0.717, 1.165) is 18.0 Å². The number of aromatic nitrogens is 4. The number of thiazole rings is 1. The molecule has 2 heterocycles. The standard InChI is InChI=1S/C17H25N5OS/c1-11(8-22-10-18-9-19-22)15(23)21-16-20-13-6-5-12(17(2,3)4)7-14(13)24-16/h9-12H,5-8H2,1-4H3,(H,20,21,23). The van der Waals surface area contributed by atoms with Gasteiger partial charge in [0.15, 0.2) is 5.13 Å². The highest BCUT2D eigenvalue weighted by atomic mass is 32.1. The summed E-state index contributed by atoms with van der Waals surface area (Å²) in [5.41, 5.74) is 1.48. The van der Waals surface area contributed by atoms with Crippen LogP contribution in [-0.2, 0) is 24.2 Å². The van der Waals surface area contributed by atoms with E-state index in [1.807, 2.05) is 6.92 Å². The molecule has 0 saturated heterocycles. The Labute approximate surface area is 146 Å². The fourth-order valence-corrected chi connectivity index (χ4v) is 4.18. The van der Waals surface area contributed by atoms with Crippen LogP contribution in [0.3, 0.4) is 0 Å². The Kier molecular flexibility index (Phi) is 4.71. The van der Waals surface area contributed by atoms with Gasteiger partial charge in [-0.1, -0.05) is 27.7 Å². The maximum Gasteiger partial charge on any atom is 0.230 e. The second kappa shape index (κ2) is 6.63. The summed E-state index contributed by atoms with van der Waals surface area (Å²) < 4.78 is 1.67. The molecule has 1 aliphatic rings. The van der Waals surface area contributed by atoms with Gasteiger partial charge in [0.25, 0.3) is 0 Å². The van der Waals surface area contributed by atoms with Gasteiger partial charge in [-0.05, 0) is 30.6 Å². The van der Waals surface area contributed by atoms with Crippen molar-refractivity contribution in [1.82, 2.24) is 19.7 Å². The topological polar surface area (TPSA) is 72.7 Å². The van der Waals surface area contributed by atoms with Crippen LogP contribution in [0.5, 0.6) is 0 Å². The first-order chi connectivity index (χ1) is 11.3. The predicted molar refractivity (Wildman–Crippen MR) is 94.9 cm³/mol. The Balaban J connectivity index is 1.63. The molecule has 0 aromatic carbocycles. The molecule has 2 unspecified atom stereocenters. The van der Waals surface area contributed by atoms with Gasteiger partial charge in [-0.2, -0.15) is 5.10 Å². The van der Waals surface area contributed by atoms with E-state index in [-0.39, 0.29) is 11.8 Å². The van der Waals surface area contributed by atoms with Gasteiger partial charge in [-0.3, -0.25) is 9.48 Å². The number of carbonyl (C=O) groups excluding carboxylic acids is 1. The van der Waals surface area contributed by atoms with Crippen molar-refractivity contribution in [3.8, 4) is 0 Å². The van der Waals surface area contributed by atoms with Gasteiger partial charge in [0.05, 0.1) is 18.2 Å². The van der Waals surface area contributed by atoms with Crippen molar-refractivity contribution in [2.24, 2.45) is 17.3 Å². The predicted octanol–water partition coefficient (Wildman–Crippen LogP) is 3.16. The van der Waals surface area contributed by atoms with E-state index in [0.29, 0.717) is 17.9 Å². The van der Waals surface area contributed by atoms with Crippen LogP contribution in [0.25, 0.3) is 0 Å². The largest absolute Gasteiger partial charge is 0.302 e. The SMILES string of the molecule is CC(Cn1cncn1)C(=O)Nc1nc2c(s1)CC(C(C)(C)C)CC2. The number of nitrogens with zero attached hydrogens (tertiary/aromatic N) is 4. The Morgan fingerprint density at radius 3 is 2.96 bits per heavy atom. The highest BCUT2D eigenvalue weighted by Crippen LogP contribution is 2.40. The maximum atomic E-state index is 12.4. The van der Waals surface area contributed by atoms with Crippen molar-refractivity contribution in [3.05, 3.63) is 23.2 Å². The lowest BCUT2D eigenvalue weighted by atomic mass is 9.73. The number of amides is 1. The van der Waals surface area contributed by atoms with Gasteiger partial charge in [-0.15, -0.1) is 11.3 Å². The zero-order chi connectivity index (χ0) is 17.3. The third kappa shape index (κ3) is 3.83. The van der Waals surface area contributed by atoms with Crippen molar-refractivity contribution < 1.29 is 4.79 Å². The molecular formula is C17H25N5OS. The van der Waals surface area contributed by atoms with E-state index >= 15 is 0 Å². The molecule has 7 heteroatoms. The Morgan fingerprint density at radius 1 is 1.50 bits per heavy atom. The fraction of sp³-hybridized carbons (Fsp3) is 0.647. The van der Waals surface area contributed by atoms with Crippen molar-refractivity contribution >= 4 is 22.4 Å². The molecule has 1 aliphatic carbocycles. The van der Waals surface area contributed by atoms with Crippen LogP contribution in [0.1, 0.15) is 44.7 Å². The molecule has 1 N–H and O–H groups in total. The fourth-order valence-electron chi connectivity index (χ4n) is 3.09. The molecule has 130 valence electrons. The molecular weight excluding hydrogens is 322 g/mol. The molecule has 2 aromatic heterocycles. The number of rotatable bonds is 4. The van der Waals surface area contributed by atoms with E-state index in [4.69, 9.17) is 0 Å². The molecule has 6 nitrogen and oxygen atoms in total. The third-order valence-electron chi connectivity index (χ3n) is 4.77. The van der Waals surface area contributed by atoms with Crippen LogP contribution < -0.4 is 5.32 Å². The van der Waals surface area contributed by atoms with Crippen LogP contribution >= 0.6 is 11.3 Å². The molecule has 0 fully saturated rings. The van der Waals surface area contributed by atoms with Crippen molar-refractivity contribution in [1.29, 1.82) is 0 Å². The van der Waals surface area contributed by atoms with Gasteiger partial charge >= 0.3 is 0 Å². The van der Waals surface area contributed by atoms with Crippen molar-refractivity contribution in [2.45, 2.75) is 53.5 Å². The Morgan fingerprint density at radius 2 is 2.29 bits per heavy atom. The molecule has 24 heavy (non-hydrogen) atoms. The minimum Gasteiger partial charge on any atom is -0.302 e. The summed E-state index contributed by atoms with van der Waals surface area (Å²) in [6.45, 7) is 9.32. The van der Waals surface area contributed by atoms with Crippen LogP contribution in [0.2, 0.25) is 0 Å². The van der Waals surface area contributed by atoms with E-state index < -0.39 is 0 Å². The van der Waals surface area contributed by atoms with Gasteiger partial charge in [0.1, 0.15) is 12.7 Å². The summed E-state index contributed by atoms with van der Waals surface area (Å²) in [5.74, 6) is 0.471. The average Bonchev–Trinajstić information content (AvgIpc) is 3.13. The summed E-state index contributed by atoms with van der Waals surface area (Å²) in [6, 6.07) is 0. The number of hydrogen-bond acceptors (Lipinski definition) is 5. The number of anilines is 1. The summed E-state index contributed by atoms with van der Waals surface area (Å²) >= 11 is 1.63. The Hall–Kier alpha value is -1.76. The smallest absolute Gasteiger partial charge is 0.230 e. The number of fused-ring (bicyclic) bond motifs is 1. The number of carbonyl (C=O) groups is 1. The van der Waals surface area contributed by atoms with E-state index in [1.54, 1.807) is 22.3 Å². The van der Waals surface area contributed by atoms with E-state index in [1.165, 1.54) is 23.3 Å². The first kappa shape index (κ1) is 17.1. The summed E-state index contributed by atoms with van der Waals surface area (Å²) in [7, 11) is 0. The average molecular weight is 347 g/mol. The zero-order valence-electron chi connectivity index (χ0n) is 14.7. The normalized spacial score (nSPS) is 18.9. The minimum absolute atomic E-state index is 0.0241. The second-order valence-electron chi connectivity index (χ2n) is 7.70. The number of hydrogen-bond donors (Lipinski definition) is 1. The van der Waals surface area contributed by atoms with Gasteiger partial charge < -0.3 is 5.32 Å². The zero-order valence-corrected chi connectivity index (χ0v) is 15.6. The monoisotopic (exact) mass is 347 g/mol. The molecule has 0 aliphatic heterocycles. The van der Waals surface area contributed by atoms with E-state index in [2.05, 4.69) is 41.2 Å². The minimum atomic E-state index is -0.185. The van der Waals surface area contributed by atoms with Crippen LogP contribution in [-0.4, -0.2) is 25.7 Å². The first-order valence-electron chi connectivity index (χ1n) is 8.45. The van der Waals surface area contributed by atoms with Crippen LogP contribution in [0, 0.1) is 17.3 Å². The highest BCUT2D eigenvalue weighted by Gasteiger charge is 2.31. The summed E-state index contributed by atoms with van der Waals surface area (Å²) in [4.78, 5) is 22.2. The lowest BCUT2D eigenvalue weighted by Crippen LogP contribution is -2.26. The van der Waals surface area contributed by atoms with Crippen LogP contribution in [0.4, 0.5) is 5.13 Å². The molecule has 2 atom stereocenters. The molecule has 3 rings (SSSR count). The molecule has 0 spiro atoms. The summed E-state index contributed by atoms with van der Waals surface area (Å²) in [6.07, 6.45) is 6.36. The molecule has 0 saturated carbocycles.